The number of rotatable bonds is 2. The molecule has 1 fully saturated rings. The molecule has 2 amide bonds. The number of nitrogens with zero attached hydrogens (tertiary/aromatic N) is 2. The minimum atomic E-state index is -0.622. The van der Waals surface area contributed by atoms with Crippen LogP contribution in [0.15, 0.2) is 0 Å². The summed E-state index contributed by atoms with van der Waals surface area (Å²) >= 11 is 0. The molecule has 0 aromatic carbocycles. The van der Waals surface area contributed by atoms with Gasteiger partial charge in [-0.3, -0.25) is 4.79 Å². The number of carbonyl (C=O) groups is 2. The first-order chi connectivity index (χ1) is 9.23. The van der Waals surface area contributed by atoms with Gasteiger partial charge >= 0.3 is 6.09 Å². The van der Waals surface area contributed by atoms with Gasteiger partial charge in [-0.25, -0.2) is 4.79 Å². The first kappa shape index (κ1) is 16.3. The van der Waals surface area contributed by atoms with Crippen LogP contribution in [-0.4, -0.2) is 41.6 Å². The Labute approximate surface area is 120 Å². The average molecular weight is 281 g/mol. The van der Waals surface area contributed by atoms with E-state index in [2.05, 4.69) is 11.4 Å². The van der Waals surface area contributed by atoms with E-state index in [9.17, 15) is 9.59 Å². The average Bonchev–Trinajstić information content (AvgIpc) is 2.35. The fraction of sp³-hybridized carbons (Fsp3) is 0.786. The van der Waals surface area contributed by atoms with Gasteiger partial charge in [0.2, 0.25) is 5.91 Å². The largest absolute Gasteiger partial charge is 0.444 e. The lowest BCUT2D eigenvalue weighted by molar-refractivity contribution is -0.134. The molecule has 0 aliphatic carbocycles. The molecule has 1 saturated heterocycles. The van der Waals surface area contributed by atoms with Crippen molar-refractivity contribution in [2.24, 2.45) is 5.92 Å². The third-order valence-electron chi connectivity index (χ3n) is 3.09. The summed E-state index contributed by atoms with van der Waals surface area (Å²) in [5, 5.41) is 11.4. The molecule has 0 unspecified atom stereocenters. The highest BCUT2D eigenvalue weighted by Gasteiger charge is 2.27. The lowest BCUT2D eigenvalue weighted by Gasteiger charge is -2.31. The Morgan fingerprint density at radius 1 is 1.35 bits per heavy atom. The molecule has 1 heterocycles. The van der Waals surface area contributed by atoms with Crippen LogP contribution in [-0.2, 0) is 9.53 Å². The summed E-state index contributed by atoms with van der Waals surface area (Å²) in [4.78, 5) is 25.5. The molecular formula is C14H23N3O3. The number of carbonyl (C=O) groups excluding carboxylic acids is 2. The minimum absolute atomic E-state index is 0.0353. The summed E-state index contributed by atoms with van der Waals surface area (Å²) in [5.41, 5.74) is -0.585. The SMILES string of the molecule is C[C@@H](NC(=O)OC(C)(C)C)C(=O)N1CCC(C#N)CC1. The van der Waals surface area contributed by atoms with E-state index in [1.54, 1.807) is 32.6 Å². The van der Waals surface area contributed by atoms with Crippen molar-refractivity contribution in [3.63, 3.8) is 0 Å². The second kappa shape index (κ2) is 6.60. The molecule has 112 valence electrons. The summed E-state index contributed by atoms with van der Waals surface area (Å²) in [5.74, 6) is -0.0968. The van der Waals surface area contributed by atoms with Gasteiger partial charge in [-0.05, 0) is 40.5 Å². The summed E-state index contributed by atoms with van der Waals surface area (Å²) in [6, 6.07) is 1.60. The number of ether oxygens (including phenoxy) is 1. The normalized spacial score (nSPS) is 18.1. The second-order valence-electron chi connectivity index (χ2n) is 6.10. The van der Waals surface area contributed by atoms with Crippen molar-refractivity contribution in [1.82, 2.24) is 10.2 Å². The predicted octanol–water partition coefficient (Wildman–Crippen LogP) is 1.66. The molecule has 1 N–H and O–H groups in total. The van der Waals surface area contributed by atoms with Crippen LogP contribution in [0.2, 0.25) is 0 Å². The molecule has 0 spiro atoms. The van der Waals surface area contributed by atoms with Crippen LogP contribution in [0.4, 0.5) is 4.79 Å². The highest BCUT2D eigenvalue weighted by molar-refractivity contribution is 5.85. The molecule has 6 heteroatoms. The van der Waals surface area contributed by atoms with Crippen LogP contribution in [0.1, 0.15) is 40.5 Å². The molecule has 0 bridgehead atoms. The third-order valence-corrected chi connectivity index (χ3v) is 3.09. The summed E-state index contributed by atoms with van der Waals surface area (Å²) in [7, 11) is 0. The number of piperidine rings is 1. The number of hydrogen-bond acceptors (Lipinski definition) is 4. The zero-order valence-corrected chi connectivity index (χ0v) is 12.6. The number of amides is 2. The Morgan fingerprint density at radius 2 is 1.90 bits per heavy atom. The quantitative estimate of drug-likeness (QED) is 0.834. The minimum Gasteiger partial charge on any atom is -0.444 e. The molecule has 0 radical (unpaired) electrons. The van der Waals surface area contributed by atoms with Gasteiger partial charge in [0, 0.05) is 19.0 Å². The van der Waals surface area contributed by atoms with Crippen molar-refractivity contribution in [2.45, 2.75) is 52.2 Å². The van der Waals surface area contributed by atoms with Gasteiger partial charge in [-0.15, -0.1) is 0 Å². The first-order valence-electron chi connectivity index (χ1n) is 6.91. The Bertz CT molecular complexity index is 401. The van der Waals surface area contributed by atoms with Crippen LogP contribution in [0.25, 0.3) is 0 Å². The van der Waals surface area contributed by atoms with Crippen LogP contribution < -0.4 is 5.32 Å². The third kappa shape index (κ3) is 5.08. The Kier molecular flexibility index (Phi) is 5.37. The molecule has 1 aliphatic rings. The molecule has 6 nitrogen and oxygen atoms in total. The Hall–Kier alpha value is -1.77. The van der Waals surface area contributed by atoms with Crippen molar-refractivity contribution in [3.05, 3.63) is 0 Å². The second-order valence-corrected chi connectivity index (χ2v) is 6.10. The van der Waals surface area contributed by atoms with Crippen molar-refractivity contribution in [3.8, 4) is 6.07 Å². The van der Waals surface area contributed by atoms with Crippen molar-refractivity contribution < 1.29 is 14.3 Å². The molecule has 0 aromatic rings. The number of nitrogens with one attached hydrogen (secondary N) is 1. The summed E-state index contributed by atoms with van der Waals surface area (Å²) in [6.45, 7) is 8.08. The molecule has 0 aromatic heterocycles. The van der Waals surface area contributed by atoms with E-state index >= 15 is 0 Å². The van der Waals surface area contributed by atoms with E-state index in [-0.39, 0.29) is 11.8 Å². The highest BCUT2D eigenvalue weighted by atomic mass is 16.6. The molecule has 1 aliphatic heterocycles. The van der Waals surface area contributed by atoms with Gasteiger partial charge in [0.05, 0.1) is 6.07 Å². The molecule has 0 saturated carbocycles. The topological polar surface area (TPSA) is 82.4 Å². The first-order valence-corrected chi connectivity index (χ1v) is 6.91. The monoisotopic (exact) mass is 281 g/mol. The number of nitriles is 1. The fourth-order valence-electron chi connectivity index (χ4n) is 2.05. The van der Waals surface area contributed by atoms with Crippen LogP contribution >= 0.6 is 0 Å². The Morgan fingerprint density at radius 3 is 2.35 bits per heavy atom. The maximum atomic E-state index is 12.2. The molecular weight excluding hydrogens is 258 g/mol. The van der Waals surface area contributed by atoms with E-state index in [0.29, 0.717) is 25.9 Å². The van der Waals surface area contributed by atoms with Gasteiger partial charge in [-0.1, -0.05) is 0 Å². The van der Waals surface area contributed by atoms with E-state index < -0.39 is 17.7 Å². The fourth-order valence-corrected chi connectivity index (χ4v) is 2.05. The lowest BCUT2D eigenvalue weighted by atomic mass is 9.98. The Balaban J connectivity index is 2.44. The molecule has 20 heavy (non-hydrogen) atoms. The lowest BCUT2D eigenvalue weighted by Crippen LogP contribution is -2.50. The van der Waals surface area contributed by atoms with Crippen LogP contribution in [0, 0.1) is 17.2 Å². The van der Waals surface area contributed by atoms with Crippen LogP contribution in [0.5, 0.6) is 0 Å². The maximum absolute atomic E-state index is 12.2. The van der Waals surface area contributed by atoms with E-state index in [1.165, 1.54) is 0 Å². The van der Waals surface area contributed by atoms with Gasteiger partial charge in [0.25, 0.3) is 0 Å². The van der Waals surface area contributed by atoms with Gasteiger partial charge in [-0.2, -0.15) is 5.26 Å². The number of hydrogen-bond donors (Lipinski definition) is 1. The standard InChI is InChI=1S/C14H23N3O3/c1-10(16-13(19)20-14(2,3)4)12(18)17-7-5-11(9-15)6-8-17/h10-11H,5-8H2,1-4H3,(H,16,19)/t10-/m1/s1. The van der Waals surface area contributed by atoms with E-state index in [1.807, 2.05) is 0 Å². The number of alkyl carbamates (subject to hydrolysis) is 1. The predicted molar refractivity (Wildman–Crippen MR) is 73.7 cm³/mol. The van der Waals surface area contributed by atoms with E-state index in [0.717, 1.165) is 0 Å². The zero-order chi connectivity index (χ0) is 15.3. The van der Waals surface area contributed by atoms with Crippen molar-refractivity contribution in [2.75, 3.05) is 13.1 Å². The maximum Gasteiger partial charge on any atom is 0.408 e. The summed E-state index contributed by atoms with van der Waals surface area (Å²) in [6.07, 6.45) is 0.799. The van der Waals surface area contributed by atoms with Crippen molar-refractivity contribution >= 4 is 12.0 Å². The van der Waals surface area contributed by atoms with Gasteiger partial charge < -0.3 is 15.0 Å². The van der Waals surface area contributed by atoms with Gasteiger partial charge in [0.1, 0.15) is 11.6 Å². The highest BCUT2D eigenvalue weighted by Crippen LogP contribution is 2.16. The van der Waals surface area contributed by atoms with Crippen molar-refractivity contribution in [1.29, 1.82) is 5.26 Å². The molecule has 1 atom stereocenters. The van der Waals surface area contributed by atoms with E-state index in [4.69, 9.17) is 10.00 Å². The van der Waals surface area contributed by atoms with Gasteiger partial charge in [0.15, 0.2) is 0 Å². The number of likely N-dealkylation sites (tertiary alicyclic amines) is 1. The molecule has 1 rings (SSSR count). The zero-order valence-electron chi connectivity index (χ0n) is 12.6. The van der Waals surface area contributed by atoms with Crippen LogP contribution in [0.3, 0.4) is 0 Å². The smallest absolute Gasteiger partial charge is 0.408 e. The summed E-state index contributed by atoms with van der Waals surface area (Å²) < 4.78 is 5.12.